The number of hydrogen-bond donors (Lipinski definition) is 3. The van der Waals surface area contributed by atoms with Gasteiger partial charge < -0.3 is 15.5 Å². The summed E-state index contributed by atoms with van der Waals surface area (Å²) in [5, 5.41) is 23.4. The Bertz CT molecular complexity index is 569. The van der Waals surface area contributed by atoms with E-state index in [2.05, 4.69) is 5.32 Å². The lowest BCUT2D eigenvalue weighted by Crippen LogP contribution is -2.27. The van der Waals surface area contributed by atoms with Crippen molar-refractivity contribution in [3.8, 4) is 5.75 Å². The van der Waals surface area contributed by atoms with Gasteiger partial charge in [0.1, 0.15) is 5.75 Å². The van der Waals surface area contributed by atoms with Gasteiger partial charge in [0.2, 0.25) is 0 Å². The molecule has 0 spiro atoms. The number of phenols is 1. The van der Waals surface area contributed by atoms with Gasteiger partial charge in [0.25, 0.3) is 0 Å². The lowest BCUT2D eigenvalue weighted by Gasteiger charge is -2.18. The second-order valence-corrected chi connectivity index (χ2v) is 5.58. The number of phenolic OH excluding ortho intramolecular Hbond substituents is 1. The van der Waals surface area contributed by atoms with Gasteiger partial charge in [-0.15, -0.1) is 0 Å². The van der Waals surface area contributed by atoms with Crippen molar-refractivity contribution in [1.82, 2.24) is 5.32 Å². The van der Waals surface area contributed by atoms with E-state index in [4.69, 9.17) is 0 Å². The van der Waals surface area contributed by atoms with Gasteiger partial charge in [0, 0.05) is 18.2 Å². The van der Waals surface area contributed by atoms with E-state index in [1.165, 1.54) is 0 Å². The average molecular weight is 285 g/mol. The zero-order chi connectivity index (χ0) is 15.2. The predicted octanol–water partition coefficient (Wildman–Crippen LogP) is 3.30. The molecular formula is C18H23NO2. The summed E-state index contributed by atoms with van der Waals surface area (Å²) in [4.78, 5) is 0. The standard InChI is InChI=1S/C18H23NO2/c1-13-8-9-17(20)16(10-13)12-19-14(2)11-18(21)15-6-4-3-5-7-15/h3-10,14,18-21H,11-12H2,1-2H3. The molecule has 0 amide bonds. The summed E-state index contributed by atoms with van der Waals surface area (Å²) in [5.41, 5.74) is 2.95. The molecule has 0 bridgehead atoms. The van der Waals surface area contributed by atoms with Crippen LogP contribution in [0.1, 0.15) is 36.1 Å². The van der Waals surface area contributed by atoms with Crippen molar-refractivity contribution in [3.05, 3.63) is 65.2 Å². The number of aliphatic hydroxyl groups is 1. The summed E-state index contributed by atoms with van der Waals surface area (Å²) in [6.45, 7) is 4.64. The molecule has 0 aliphatic carbocycles. The van der Waals surface area contributed by atoms with Gasteiger partial charge in [0.05, 0.1) is 6.10 Å². The van der Waals surface area contributed by atoms with E-state index in [9.17, 15) is 10.2 Å². The maximum Gasteiger partial charge on any atom is 0.120 e. The van der Waals surface area contributed by atoms with Crippen LogP contribution in [0.2, 0.25) is 0 Å². The zero-order valence-corrected chi connectivity index (χ0v) is 12.6. The van der Waals surface area contributed by atoms with Crippen LogP contribution < -0.4 is 5.32 Å². The van der Waals surface area contributed by atoms with Gasteiger partial charge in [-0.3, -0.25) is 0 Å². The van der Waals surface area contributed by atoms with Crippen molar-refractivity contribution in [3.63, 3.8) is 0 Å². The first-order valence-corrected chi connectivity index (χ1v) is 7.31. The Morgan fingerprint density at radius 1 is 1.10 bits per heavy atom. The molecule has 0 aliphatic heterocycles. The smallest absolute Gasteiger partial charge is 0.120 e. The molecule has 2 aromatic carbocycles. The Balaban J connectivity index is 1.87. The number of aromatic hydroxyl groups is 1. The van der Waals surface area contributed by atoms with E-state index in [0.29, 0.717) is 18.7 Å². The highest BCUT2D eigenvalue weighted by molar-refractivity contribution is 5.35. The maximum atomic E-state index is 10.2. The SMILES string of the molecule is Cc1ccc(O)c(CNC(C)CC(O)c2ccccc2)c1. The van der Waals surface area contributed by atoms with Gasteiger partial charge in [-0.25, -0.2) is 0 Å². The second-order valence-electron chi connectivity index (χ2n) is 5.58. The molecule has 2 rings (SSSR count). The molecule has 0 heterocycles. The minimum atomic E-state index is -0.472. The van der Waals surface area contributed by atoms with Crippen LogP contribution in [-0.2, 0) is 6.54 Å². The molecule has 2 unspecified atom stereocenters. The van der Waals surface area contributed by atoms with Crippen LogP contribution in [0.5, 0.6) is 5.75 Å². The van der Waals surface area contributed by atoms with Crippen molar-refractivity contribution >= 4 is 0 Å². The summed E-state index contributed by atoms with van der Waals surface area (Å²) < 4.78 is 0. The van der Waals surface area contributed by atoms with Crippen LogP contribution in [0.4, 0.5) is 0 Å². The highest BCUT2D eigenvalue weighted by atomic mass is 16.3. The normalized spacial score (nSPS) is 13.9. The molecule has 2 atom stereocenters. The number of aliphatic hydroxyl groups excluding tert-OH is 1. The van der Waals surface area contributed by atoms with E-state index in [1.807, 2.05) is 56.3 Å². The van der Waals surface area contributed by atoms with Crippen LogP contribution in [0, 0.1) is 6.92 Å². The first-order valence-electron chi connectivity index (χ1n) is 7.31. The van der Waals surface area contributed by atoms with E-state index in [-0.39, 0.29) is 6.04 Å². The monoisotopic (exact) mass is 285 g/mol. The fourth-order valence-electron chi connectivity index (χ4n) is 2.37. The fourth-order valence-corrected chi connectivity index (χ4v) is 2.37. The van der Waals surface area contributed by atoms with Gasteiger partial charge >= 0.3 is 0 Å². The number of hydrogen-bond acceptors (Lipinski definition) is 3. The quantitative estimate of drug-likeness (QED) is 0.763. The molecule has 0 radical (unpaired) electrons. The van der Waals surface area contributed by atoms with E-state index in [1.54, 1.807) is 6.07 Å². The molecule has 3 nitrogen and oxygen atoms in total. The Morgan fingerprint density at radius 2 is 1.81 bits per heavy atom. The number of aryl methyl sites for hydroxylation is 1. The molecule has 0 saturated heterocycles. The molecule has 0 fully saturated rings. The molecule has 0 saturated carbocycles. The summed E-state index contributed by atoms with van der Waals surface area (Å²) in [5.74, 6) is 0.309. The van der Waals surface area contributed by atoms with Gasteiger partial charge in [-0.2, -0.15) is 0 Å². The molecule has 112 valence electrons. The summed E-state index contributed by atoms with van der Waals surface area (Å²) >= 11 is 0. The summed E-state index contributed by atoms with van der Waals surface area (Å²) in [6, 6.07) is 15.4. The molecule has 0 aromatic heterocycles. The van der Waals surface area contributed by atoms with Crippen LogP contribution in [0.25, 0.3) is 0 Å². The van der Waals surface area contributed by atoms with Crippen LogP contribution >= 0.6 is 0 Å². The second kappa shape index (κ2) is 7.25. The van der Waals surface area contributed by atoms with Crippen LogP contribution in [-0.4, -0.2) is 16.3 Å². The largest absolute Gasteiger partial charge is 0.508 e. The fraction of sp³-hybridized carbons (Fsp3) is 0.333. The average Bonchev–Trinajstić information content (AvgIpc) is 2.49. The van der Waals surface area contributed by atoms with Crippen molar-refractivity contribution in [2.45, 2.75) is 39.0 Å². The zero-order valence-electron chi connectivity index (χ0n) is 12.6. The third-order valence-corrected chi connectivity index (χ3v) is 3.64. The predicted molar refractivity (Wildman–Crippen MR) is 85.2 cm³/mol. The first kappa shape index (κ1) is 15.5. The molecule has 3 heteroatoms. The first-order chi connectivity index (χ1) is 10.1. The Hall–Kier alpha value is -1.84. The van der Waals surface area contributed by atoms with E-state index in [0.717, 1.165) is 16.7 Å². The Labute approximate surface area is 126 Å². The lowest BCUT2D eigenvalue weighted by molar-refractivity contribution is 0.154. The third-order valence-electron chi connectivity index (χ3n) is 3.64. The summed E-state index contributed by atoms with van der Waals surface area (Å²) in [7, 11) is 0. The topological polar surface area (TPSA) is 52.5 Å². The van der Waals surface area contributed by atoms with Crippen molar-refractivity contribution < 1.29 is 10.2 Å². The minimum Gasteiger partial charge on any atom is -0.508 e. The molecule has 21 heavy (non-hydrogen) atoms. The molecule has 2 aromatic rings. The van der Waals surface area contributed by atoms with Crippen LogP contribution in [0.3, 0.4) is 0 Å². The van der Waals surface area contributed by atoms with Gasteiger partial charge in [0.15, 0.2) is 0 Å². The number of benzene rings is 2. The maximum absolute atomic E-state index is 10.2. The minimum absolute atomic E-state index is 0.153. The highest BCUT2D eigenvalue weighted by Crippen LogP contribution is 2.20. The van der Waals surface area contributed by atoms with Gasteiger partial charge in [-0.1, -0.05) is 48.0 Å². The van der Waals surface area contributed by atoms with Crippen molar-refractivity contribution in [1.29, 1.82) is 0 Å². The van der Waals surface area contributed by atoms with E-state index < -0.39 is 6.10 Å². The van der Waals surface area contributed by atoms with Gasteiger partial charge in [-0.05, 0) is 31.9 Å². The summed E-state index contributed by atoms with van der Waals surface area (Å²) in [6.07, 6.45) is 0.163. The Kier molecular flexibility index (Phi) is 5.37. The number of nitrogens with one attached hydrogen (secondary N) is 1. The van der Waals surface area contributed by atoms with E-state index >= 15 is 0 Å². The lowest BCUT2D eigenvalue weighted by atomic mass is 10.0. The van der Waals surface area contributed by atoms with Crippen LogP contribution in [0.15, 0.2) is 48.5 Å². The van der Waals surface area contributed by atoms with Crippen molar-refractivity contribution in [2.75, 3.05) is 0 Å². The number of rotatable bonds is 6. The molecule has 3 N–H and O–H groups in total. The molecular weight excluding hydrogens is 262 g/mol. The molecule has 0 aliphatic rings. The third kappa shape index (κ3) is 4.59. The highest BCUT2D eigenvalue weighted by Gasteiger charge is 2.12. The Morgan fingerprint density at radius 3 is 2.52 bits per heavy atom. The van der Waals surface area contributed by atoms with Crippen molar-refractivity contribution in [2.24, 2.45) is 0 Å².